The highest BCUT2D eigenvalue weighted by atomic mass is 16.5. The van der Waals surface area contributed by atoms with Crippen LogP contribution in [0, 0.1) is 6.92 Å². The van der Waals surface area contributed by atoms with Gasteiger partial charge in [0.05, 0.1) is 18.5 Å². The minimum Gasteiger partial charge on any atom is -0.494 e. The molecule has 2 heterocycles. The number of aromatic nitrogens is 2. The summed E-state index contributed by atoms with van der Waals surface area (Å²) in [6, 6.07) is 5.62. The van der Waals surface area contributed by atoms with E-state index >= 15 is 0 Å². The van der Waals surface area contributed by atoms with Crippen molar-refractivity contribution in [2.24, 2.45) is 7.05 Å². The van der Waals surface area contributed by atoms with E-state index in [9.17, 15) is 4.79 Å². The lowest BCUT2D eigenvalue weighted by Gasteiger charge is -2.17. The molecule has 2 N–H and O–H groups in total. The molecule has 7 heteroatoms. The van der Waals surface area contributed by atoms with Crippen LogP contribution in [-0.4, -0.2) is 41.5 Å². The maximum atomic E-state index is 12.3. The molecule has 0 saturated carbocycles. The Morgan fingerprint density at radius 1 is 1.44 bits per heavy atom. The predicted octanol–water partition coefficient (Wildman–Crippen LogP) is 2.53. The molecule has 1 aromatic heterocycles. The number of nitrogens with zero attached hydrogens (tertiary/aromatic N) is 3. The zero-order valence-electron chi connectivity index (χ0n) is 15.0. The number of urea groups is 1. The summed E-state index contributed by atoms with van der Waals surface area (Å²) in [4.78, 5) is 14.5. The van der Waals surface area contributed by atoms with Gasteiger partial charge in [0.1, 0.15) is 5.75 Å². The molecule has 1 aliphatic rings. The van der Waals surface area contributed by atoms with Gasteiger partial charge in [-0.15, -0.1) is 0 Å². The summed E-state index contributed by atoms with van der Waals surface area (Å²) in [5.41, 5.74) is 2.87. The highest BCUT2D eigenvalue weighted by Gasteiger charge is 2.24. The number of ether oxygens (including phenoxy) is 1. The van der Waals surface area contributed by atoms with Crippen molar-refractivity contribution in [1.29, 1.82) is 0 Å². The lowest BCUT2D eigenvalue weighted by atomic mass is 10.2. The molecule has 0 unspecified atom stereocenters. The number of anilines is 2. The fraction of sp³-hybridized carbons (Fsp3) is 0.444. The molecule has 0 radical (unpaired) electrons. The average molecular weight is 343 g/mol. The first-order chi connectivity index (χ1) is 12.0. The number of carbonyl (C=O) groups is 1. The number of nitrogens with one attached hydrogen (secondary N) is 2. The fourth-order valence-electron chi connectivity index (χ4n) is 3.03. The van der Waals surface area contributed by atoms with Gasteiger partial charge in [-0.1, -0.05) is 6.07 Å². The van der Waals surface area contributed by atoms with Crippen LogP contribution in [0.15, 0.2) is 30.6 Å². The van der Waals surface area contributed by atoms with Crippen molar-refractivity contribution >= 4 is 17.4 Å². The predicted molar refractivity (Wildman–Crippen MR) is 98.3 cm³/mol. The van der Waals surface area contributed by atoms with Gasteiger partial charge >= 0.3 is 6.03 Å². The third kappa shape index (κ3) is 4.23. The number of hydrogen-bond acceptors (Lipinski definition) is 4. The molecule has 25 heavy (non-hydrogen) atoms. The molecule has 0 bridgehead atoms. The molecule has 1 aliphatic heterocycles. The second-order valence-electron chi connectivity index (χ2n) is 6.32. The van der Waals surface area contributed by atoms with Crippen LogP contribution < -0.4 is 20.3 Å². The van der Waals surface area contributed by atoms with Gasteiger partial charge in [0.15, 0.2) is 0 Å². The number of rotatable bonds is 5. The zero-order chi connectivity index (χ0) is 17.8. The van der Waals surface area contributed by atoms with E-state index in [-0.39, 0.29) is 12.1 Å². The summed E-state index contributed by atoms with van der Waals surface area (Å²) in [5.74, 6) is 0.795. The largest absolute Gasteiger partial charge is 0.494 e. The molecule has 2 amide bonds. The molecule has 3 rings (SSSR count). The van der Waals surface area contributed by atoms with Gasteiger partial charge in [0.2, 0.25) is 0 Å². The van der Waals surface area contributed by atoms with Crippen LogP contribution in [-0.2, 0) is 7.05 Å². The molecule has 0 aliphatic carbocycles. The van der Waals surface area contributed by atoms with Crippen molar-refractivity contribution in [2.75, 3.05) is 29.9 Å². The molecule has 0 spiro atoms. The van der Waals surface area contributed by atoms with Crippen molar-refractivity contribution < 1.29 is 9.53 Å². The number of aryl methyl sites for hydroxylation is 2. The highest BCUT2D eigenvalue weighted by Crippen LogP contribution is 2.23. The van der Waals surface area contributed by atoms with E-state index in [2.05, 4.69) is 20.6 Å². The van der Waals surface area contributed by atoms with Crippen LogP contribution in [0.3, 0.4) is 0 Å². The lowest BCUT2D eigenvalue weighted by Crippen LogP contribution is -2.39. The van der Waals surface area contributed by atoms with E-state index in [1.54, 1.807) is 4.68 Å². The number of amides is 2. The maximum absolute atomic E-state index is 12.3. The average Bonchev–Trinajstić information content (AvgIpc) is 3.20. The standard InChI is InChI=1S/C18H25N5O2/c1-4-25-17-9-14(6-5-13(17)2)20-18(24)21-15-7-8-23(11-15)16-10-19-22(3)12-16/h5-6,9-10,12,15H,4,7-8,11H2,1-3H3,(H2,20,21,24)/t15-/m1/s1. The molecule has 2 aromatic rings. The summed E-state index contributed by atoms with van der Waals surface area (Å²) in [6.45, 7) is 6.23. The van der Waals surface area contributed by atoms with Crippen LogP contribution in [0.4, 0.5) is 16.2 Å². The Hall–Kier alpha value is -2.70. The van der Waals surface area contributed by atoms with Gasteiger partial charge in [-0.05, 0) is 31.9 Å². The highest BCUT2D eigenvalue weighted by molar-refractivity contribution is 5.89. The Balaban J connectivity index is 1.54. The van der Waals surface area contributed by atoms with Gasteiger partial charge < -0.3 is 20.3 Å². The van der Waals surface area contributed by atoms with Crippen molar-refractivity contribution in [3.63, 3.8) is 0 Å². The smallest absolute Gasteiger partial charge is 0.319 e. The first kappa shape index (κ1) is 17.1. The van der Waals surface area contributed by atoms with Crippen molar-refractivity contribution in [1.82, 2.24) is 15.1 Å². The van der Waals surface area contributed by atoms with Crippen LogP contribution in [0.1, 0.15) is 18.9 Å². The summed E-state index contributed by atoms with van der Waals surface area (Å²) >= 11 is 0. The molecular formula is C18H25N5O2. The van der Waals surface area contributed by atoms with E-state index < -0.39 is 0 Å². The molecule has 1 aromatic carbocycles. The lowest BCUT2D eigenvalue weighted by molar-refractivity contribution is 0.249. The van der Waals surface area contributed by atoms with Crippen molar-refractivity contribution in [2.45, 2.75) is 26.3 Å². The van der Waals surface area contributed by atoms with E-state index in [1.165, 1.54) is 0 Å². The van der Waals surface area contributed by atoms with E-state index in [0.29, 0.717) is 6.61 Å². The van der Waals surface area contributed by atoms with E-state index in [0.717, 1.165) is 42.2 Å². The third-order valence-electron chi connectivity index (χ3n) is 4.33. The van der Waals surface area contributed by atoms with Gasteiger partial charge in [0.25, 0.3) is 0 Å². The second-order valence-corrected chi connectivity index (χ2v) is 6.32. The molecule has 7 nitrogen and oxygen atoms in total. The first-order valence-corrected chi connectivity index (χ1v) is 8.59. The van der Waals surface area contributed by atoms with Crippen molar-refractivity contribution in [3.8, 4) is 5.75 Å². The molecular weight excluding hydrogens is 318 g/mol. The quantitative estimate of drug-likeness (QED) is 0.875. The summed E-state index contributed by atoms with van der Waals surface area (Å²) in [7, 11) is 1.90. The van der Waals surface area contributed by atoms with Gasteiger partial charge in [-0.25, -0.2) is 4.79 Å². The van der Waals surface area contributed by atoms with Gasteiger partial charge in [-0.2, -0.15) is 5.10 Å². The van der Waals surface area contributed by atoms with Crippen LogP contribution in [0.25, 0.3) is 0 Å². The second kappa shape index (κ2) is 7.46. The molecule has 1 atom stereocenters. The number of benzene rings is 1. The Bertz CT molecular complexity index is 743. The normalized spacial score (nSPS) is 16.8. The minimum atomic E-state index is -0.190. The summed E-state index contributed by atoms with van der Waals surface area (Å²) < 4.78 is 7.36. The van der Waals surface area contributed by atoms with E-state index in [1.807, 2.05) is 51.5 Å². The Morgan fingerprint density at radius 3 is 3.00 bits per heavy atom. The monoisotopic (exact) mass is 343 g/mol. The molecule has 134 valence electrons. The van der Waals surface area contributed by atoms with Crippen LogP contribution in [0.2, 0.25) is 0 Å². The minimum absolute atomic E-state index is 0.122. The van der Waals surface area contributed by atoms with Crippen LogP contribution in [0.5, 0.6) is 5.75 Å². The van der Waals surface area contributed by atoms with Gasteiger partial charge in [0, 0.05) is 44.1 Å². The Labute approximate surface area is 148 Å². The van der Waals surface area contributed by atoms with E-state index in [4.69, 9.17) is 4.74 Å². The Morgan fingerprint density at radius 2 is 2.28 bits per heavy atom. The summed E-state index contributed by atoms with van der Waals surface area (Å²) in [5, 5.41) is 10.1. The summed E-state index contributed by atoms with van der Waals surface area (Å²) in [6.07, 6.45) is 4.76. The number of carbonyl (C=O) groups excluding carboxylic acids is 1. The molecule has 1 saturated heterocycles. The molecule has 1 fully saturated rings. The van der Waals surface area contributed by atoms with Crippen LogP contribution >= 0.6 is 0 Å². The maximum Gasteiger partial charge on any atom is 0.319 e. The Kier molecular flexibility index (Phi) is 5.11. The third-order valence-corrected chi connectivity index (χ3v) is 4.33. The van der Waals surface area contributed by atoms with Crippen molar-refractivity contribution in [3.05, 3.63) is 36.2 Å². The number of hydrogen-bond donors (Lipinski definition) is 2. The SMILES string of the molecule is CCOc1cc(NC(=O)N[C@@H]2CCN(c3cnn(C)c3)C2)ccc1C. The fourth-order valence-corrected chi connectivity index (χ4v) is 3.03. The first-order valence-electron chi connectivity index (χ1n) is 8.59. The van der Waals surface area contributed by atoms with Gasteiger partial charge in [-0.3, -0.25) is 4.68 Å². The topological polar surface area (TPSA) is 71.4 Å². The zero-order valence-corrected chi connectivity index (χ0v) is 15.0.